The lowest BCUT2D eigenvalue weighted by molar-refractivity contribution is 0.414. The topological polar surface area (TPSA) is 21.6 Å². The van der Waals surface area contributed by atoms with Gasteiger partial charge in [-0.1, -0.05) is 12.1 Å². The Hall–Kier alpha value is -1.31. The van der Waals surface area contributed by atoms with Crippen LogP contribution in [0.25, 0.3) is 0 Å². The largest absolute Gasteiger partial charge is 0.496 e. The van der Waals surface area contributed by atoms with Gasteiger partial charge in [0.05, 0.1) is 7.11 Å². The molecular formula is C11H13NO. The highest BCUT2D eigenvalue weighted by Gasteiger charge is 2.12. The summed E-state index contributed by atoms with van der Waals surface area (Å²) >= 11 is 0. The van der Waals surface area contributed by atoms with E-state index in [1.54, 1.807) is 7.11 Å². The summed E-state index contributed by atoms with van der Waals surface area (Å²) in [6.07, 6.45) is 2.26. The van der Waals surface area contributed by atoms with Crippen LogP contribution in [0.4, 0.5) is 0 Å². The minimum absolute atomic E-state index is 0.933. The van der Waals surface area contributed by atoms with Crippen molar-refractivity contribution >= 4 is 5.71 Å². The molecule has 0 fully saturated rings. The summed E-state index contributed by atoms with van der Waals surface area (Å²) in [7, 11) is 1.70. The van der Waals surface area contributed by atoms with Crippen LogP contribution in [-0.2, 0) is 0 Å². The molecule has 0 aromatic heterocycles. The molecule has 1 heterocycles. The number of para-hydroxylation sites is 1. The Bertz CT molecular complexity index is 331. The second kappa shape index (κ2) is 3.60. The first kappa shape index (κ1) is 8.30. The summed E-state index contributed by atoms with van der Waals surface area (Å²) in [5.74, 6) is 0.933. The van der Waals surface area contributed by atoms with E-state index in [2.05, 4.69) is 11.1 Å². The summed E-state index contributed by atoms with van der Waals surface area (Å²) in [5, 5.41) is 0. The zero-order valence-corrected chi connectivity index (χ0v) is 7.79. The molecule has 0 saturated heterocycles. The molecule has 2 heteroatoms. The first-order valence-corrected chi connectivity index (χ1v) is 4.58. The maximum Gasteiger partial charge on any atom is 0.127 e. The number of hydrogen-bond acceptors (Lipinski definition) is 2. The summed E-state index contributed by atoms with van der Waals surface area (Å²) in [6.45, 7) is 0.966. The molecule has 13 heavy (non-hydrogen) atoms. The molecular weight excluding hydrogens is 162 g/mol. The van der Waals surface area contributed by atoms with Crippen LogP contribution in [0.2, 0.25) is 0 Å². The summed E-state index contributed by atoms with van der Waals surface area (Å²) in [6, 6.07) is 8.07. The monoisotopic (exact) mass is 175 g/mol. The number of aliphatic imine (C=N–C) groups is 1. The molecule has 0 N–H and O–H groups in total. The van der Waals surface area contributed by atoms with Crippen molar-refractivity contribution in [2.45, 2.75) is 12.8 Å². The van der Waals surface area contributed by atoms with Gasteiger partial charge in [0.2, 0.25) is 0 Å². The Morgan fingerprint density at radius 3 is 2.85 bits per heavy atom. The van der Waals surface area contributed by atoms with Gasteiger partial charge in [0.25, 0.3) is 0 Å². The molecule has 68 valence electrons. The van der Waals surface area contributed by atoms with E-state index < -0.39 is 0 Å². The van der Waals surface area contributed by atoms with E-state index >= 15 is 0 Å². The smallest absolute Gasteiger partial charge is 0.127 e. The Morgan fingerprint density at radius 2 is 2.15 bits per heavy atom. The third kappa shape index (κ3) is 1.57. The standard InChI is InChI=1S/C11H13NO/c1-13-11-7-3-2-5-9(11)10-6-4-8-12-10/h2-3,5,7H,4,6,8H2,1H3. The van der Waals surface area contributed by atoms with Gasteiger partial charge in [-0.25, -0.2) is 0 Å². The molecule has 1 aromatic rings. The summed E-state index contributed by atoms with van der Waals surface area (Å²) in [5.41, 5.74) is 2.35. The van der Waals surface area contributed by atoms with Crippen LogP contribution in [0.1, 0.15) is 18.4 Å². The Morgan fingerprint density at radius 1 is 1.31 bits per heavy atom. The minimum Gasteiger partial charge on any atom is -0.496 e. The normalized spacial score (nSPS) is 15.6. The van der Waals surface area contributed by atoms with Gasteiger partial charge < -0.3 is 4.74 Å². The SMILES string of the molecule is COc1ccccc1C1=NCCC1. The van der Waals surface area contributed by atoms with E-state index in [0.717, 1.165) is 24.3 Å². The van der Waals surface area contributed by atoms with Crippen molar-refractivity contribution in [3.63, 3.8) is 0 Å². The van der Waals surface area contributed by atoms with Gasteiger partial charge in [0, 0.05) is 17.8 Å². The summed E-state index contributed by atoms with van der Waals surface area (Å²) in [4.78, 5) is 4.45. The molecule has 1 aromatic carbocycles. The molecule has 0 unspecified atom stereocenters. The number of hydrogen-bond donors (Lipinski definition) is 0. The molecule has 0 bridgehead atoms. The van der Waals surface area contributed by atoms with Gasteiger partial charge in [-0.3, -0.25) is 4.99 Å². The molecule has 2 rings (SSSR count). The second-order valence-corrected chi connectivity index (χ2v) is 3.13. The van der Waals surface area contributed by atoms with Crippen molar-refractivity contribution in [2.75, 3.05) is 13.7 Å². The number of rotatable bonds is 2. The van der Waals surface area contributed by atoms with E-state index in [1.807, 2.05) is 18.2 Å². The van der Waals surface area contributed by atoms with Crippen LogP contribution in [0.3, 0.4) is 0 Å². The maximum absolute atomic E-state index is 5.28. The van der Waals surface area contributed by atoms with Crippen molar-refractivity contribution in [1.29, 1.82) is 0 Å². The third-order valence-corrected chi connectivity index (χ3v) is 2.29. The van der Waals surface area contributed by atoms with Gasteiger partial charge in [-0.2, -0.15) is 0 Å². The molecule has 1 aliphatic heterocycles. The van der Waals surface area contributed by atoms with Crippen LogP contribution in [0, 0.1) is 0 Å². The molecule has 0 saturated carbocycles. The van der Waals surface area contributed by atoms with E-state index in [4.69, 9.17) is 4.74 Å². The van der Waals surface area contributed by atoms with Crippen molar-refractivity contribution < 1.29 is 4.74 Å². The van der Waals surface area contributed by atoms with E-state index in [0.29, 0.717) is 0 Å². The number of ether oxygens (including phenoxy) is 1. The molecule has 0 aliphatic carbocycles. The zero-order valence-electron chi connectivity index (χ0n) is 7.79. The highest BCUT2D eigenvalue weighted by molar-refractivity contribution is 6.03. The quantitative estimate of drug-likeness (QED) is 0.675. The molecule has 1 aliphatic rings. The summed E-state index contributed by atoms with van der Waals surface area (Å²) < 4.78 is 5.28. The highest BCUT2D eigenvalue weighted by atomic mass is 16.5. The molecule has 0 spiro atoms. The van der Waals surface area contributed by atoms with Crippen LogP contribution in [0.5, 0.6) is 5.75 Å². The molecule has 2 nitrogen and oxygen atoms in total. The lowest BCUT2D eigenvalue weighted by Gasteiger charge is -2.06. The van der Waals surface area contributed by atoms with Gasteiger partial charge >= 0.3 is 0 Å². The second-order valence-electron chi connectivity index (χ2n) is 3.13. The minimum atomic E-state index is 0.933. The number of methoxy groups -OCH3 is 1. The van der Waals surface area contributed by atoms with Crippen LogP contribution in [-0.4, -0.2) is 19.4 Å². The first-order chi connectivity index (χ1) is 6.42. The predicted octanol–water partition coefficient (Wildman–Crippen LogP) is 2.28. The van der Waals surface area contributed by atoms with Gasteiger partial charge in [-0.15, -0.1) is 0 Å². The maximum atomic E-state index is 5.28. The Labute approximate surface area is 78.3 Å². The van der Waals surface area contributed by atoms with Gasteiger partial charge in [0.15, 0.2) is 0 Å². The van der Waals surface area contributed by atoms with Gasteiger partial charge in [0.1, 0.15) is 5.75 Å². The van der Waals surface area contributed by atoms with Crippen molar-refractivity contribution in [3.05, 3.63) is 29.8 Å². The average Bonchev–Trinajstić information content (AvgIpc) is 2.70. The third-order valence-electron chi connectivity index (χ3n) is 2.29. The first-order valence-electron chi connectivity index (χ1n) is 4.58. The lowest BCUT2D eigenvalue weighted by atomic mass is 10.1. The van der Waals surface area contributed by atoms with Crippen LogP contribution >= 0.6 is 0 Å². The lowest BCUT2D eigenvalue weighted by Crippen LogP contribution is -1.99. The fourth-order valence-electron chi connectivity index (χ4n) is 1.64. The van der Waals surface area contributed by atoms with E-state index in [1.165, 1.54) is 12.1 Å². The molecule has 0 radical (unpaired) electrons. The fraction of sp³-hybridized carbons (Fsp3) is 0.364. The van der Waals surface area contributed by atoms with E-state index in [9.17, 15) is 0 Å². The predicted molar refractivity (Wildman–Crippen MR) is 53.6 cm³/mol. The van der Waals surface area contributed by atoms with Crippen LogP contribution < -0.4 is 4.74 Å². The Balaban J connectivity index is 2.38. The van der Waals surface area contributed by atoms with Crippen molar-refractivity contribution in [1.82, 2.24) is 0 Å². The number of benzene rings is 1. The zero-order chi connectivity index (χ0) is 9.10. The molecule has 0 amide bonds. The van der Waals surface area contributed by atoms with Crippen LogP contribution in [0.15, 0.2) is 29.3 Å². The average molecular weight is 175 g/mol. The van der Waals surface area contributed by atoms with Crippen molar-refractivity contribution in [3.8, 4) is 5.75 Å². The van der Waals surface area contributed by atoms with Crippen molar-refractivity contribution in [2.24, 2.45) is 4.99 Å². The van der Waals surface area contributed by atoms with Gasteiger partial charge in [-0.05, 0) is 25.0 Å². The Kier molecular flexibility index (Phi) is 2.30. The number of nitrogens with zero attached hydrogens (tertiary/aromatic N) is 1. The highest BCUT2D eigenvalue weighted by Crippen LogP contribution is 2.22. The fourth-order valence-corrected chi connectivity index (χ4v) is 1.64. The van der Waals surface area contributed by atoms with E-state index in [-0.39, 0.29) is 0 Å². The molecule has 0 atom stereocenters.